The Morgan fingerprint density at radius 3 is 2.11 bits per heavy atom. The van der Waals surface area contributed by atoms with E-state index in [1.54, 1.807) is 20.8 Å². The number of sulfonamides is 1. The molecule has 0 bridgehead atoms. The summed E-state index contributed by atoms with van der Waals surface area (Å²) in [7, 11) is -2.86. The molecule has 0 spiro atoms. The molecular formula is C11H21NO6S. The molecule has 0 amide bonds. The van der Waals surface area contributed by atoms with Gasteiger partial charge in [-0.3, -0.25) is 9.59 Å². The number of carbonyl (C=O) groups excluding carboxylic acids is 2. The van der Waals surface area contributed by atoms with Crippen LogP contribution in [0.2, 0.25) is 0 Å². The summed E-state index contributed by atoms with van der Waals surface area (Å²) in [6.45, 7) is 5.82. The molecule has 8 heteroatoms. The molecule has 0 aliphatic carbocycles. The number of ether oxygens (including phenoxy) is 2. The molecule has 0 aliphatic heterocycles. The Morgan fingerprint density at radius 1 is 1.21 bits per heavy atom. The van der Waals surface area contributed by atoms with Gasteiger partial charge in [-0.1, -0.05) is 0 Å². The second-order valence-corrected chi connectivity index (χ2v) is 6.36. The molecule has 0 saturated heterocycles. The van der Waals surface area contributed by atoms with Crippen LogP contribution in [0.3, 0.4) is 0 Å². The molecule has 1 atom stereocenters. The Labute approximate surface area is 113 Å². The summed E-state index contributed by atoms with van der Waals surface area (Å²) in [5.74, 6) is -1.52. The van der Waals surface area contributed by atoms with Gasteiger partial charge < -0.3 is 9.47 Å². The van der Waals surface area contributed by atoms with Crippen molar-refractivity contribution in [1.82, 2.24) is 4.31 Å². The van der Waals surface area contributed by atoms with Crippen LogP contribution in [0.1, 0.15) is 27.7 Å². The van der Waals surface area contributed by atoms with Crippen LogP contribution in [0, 0.1) is 0 Å². The van der Waals surface area contributed by atoms with Crippen molar-refractivity contribution in [2.45, 2.75) is 39.0 Å². The van der Waals surface area contributed by atoms with Crippen molar-refractivity contribution in [2.24, 2.45) is 0 Å². The van der Waals surface area contributed by atoms with Gasteiger partial charge in [-0.15, -0.1) is 0 Å². The Balaban J connectivity index is 5.17. The van der Waals surface area contributed by atoms with Crippen LogP contribution in [0.4, 0.5) is 0 Å². The minimum absolute atomic E-state index is 0.164. The van der Waals surface area contributed by atoms with E-state index in [1.807, 2.05) is 0 Å². The van der Waals surface area contributed by atoms with Gasteiger partial charge in [0.05, 0.1) is 13.7 Å². The number of nitrogens with zero attached hydrogens (tertiary/aromatic N) is 1. The van der Waals surface area contributed by atoms with E-state index >= 15 is 0 Å². The maximum atomic E-state index is 12.2. The summed E-state index contributed by atoms with van der Waals surface area (Å²) in [5.41, 5.74) is 0. The summed E-state index contributed by atoms with van der Waals surface area (Å²) in [6, 6.07) is -0.471. The topological polar surface area (TPSA) is 90.0 Å². The monoisotopic (exact) mass is 295 g/mol. The summed E-state index contributed by atoms with van der Waals surface area (Å²) in [4.78, 5) is 22.8. The molecule has 0 radical (unpaired) electrons. The highest BCUT2D eigenvalue weighted by Crippen LogP contribution is 2.14. The molecule has 0 N–H and O–H groups in total. The first kappa shape index (κ1) is 17.8. The number of rotatable bonds is 7. The lowest BCUT2D eigenvalue weighted by Crippen LogP contribution is -2.47. The van der Waals surface area contributed by atoms with Crippen molar-refractivity contribution in [3.05, 3.63) is 0 Å². The van der Waals surface area contributed by atoms with Gasteiger partial charge >= 0.3 is 11.9 Å². The number of esters is 2. The second-order valence-electron chi connectivity index (χ2n) is 4.15. The van der Waals surface area contributed by atoms with E-state index in [0.717, 1.165) is 11.4 Å². The molecule has 112 valence electrons. The summed E-state index contributed by atoms with van der Waals surface area (Å²) < 4.78 is 34.5. The Morgan fingerprint density at radius 2 is 1.74 bits per heavy atom. The zero-order chi connectivity index (χ0) is 15.2. The molecular weight excluding hydrogens is 274 g/mol. The van der Waals surface area contributed by atoms with Crippen molar-refractivity contribution in [3.8, 4) is 0 Å². The molecule has 7 nitrogen and oxygen atoms in total. The quantitative estimate of drug-likeness (QED) is 0.621. The van der Waals surface area contributed by atoms with Gasteiger partial charge in [0, 0.05) is 6.04 Å². The lowest BCUT2D eigenvalue weighted by molar-refractivity contribution is -0.144. The minimum Gasteiger partial charge on any atom is -0.468 e. The first-order chi connectivity index (χ1) is 8.68. The van der Waals surface area contributed by atoms with Crippen molar-refractivity contribution in [2.75, 3.05) is 20.3 Å². The Bertz CT molecular complexity index is 417. The zero-order valence-electron chi connectivity index (χ0n) is 11.9. The molecule has 0 aromatic heterocycles. The predicted octanol–water partition coefficient (Wildman–Crippen LogP) is 0.151. The molecule has 1 unspecified atom stereocenters. The van der Waals surface area contributed by atoms with Crippen LogP contribution in [-0.4, -0.2) is 56.2 Å². The molecule has 0 aromatic carbocycles. The van der Waals surface area contributed by atoms with Gasteiger partial charge in [-0.25, -0.2) is 8.42 Å². The number of hydrogen-bond donors (Lipinski definition) is 0. The largest absolute Gasteiger partial charge is 0.468 e. The van der Waals surface area contributed by atoms with Gasteiger partial charge in [0.1, 0.15) is 6.54 Å². The fourth-order valence-electron chi connectivity index (χ4n) is 1.39. The Hall–Kier alpha value is -1.15. The number of carbonyl (C=O) groups is 2. The summed E-state index contributed by atoms with van der Waals surface area (Å²) >= 11 is 0. The zero-order valence-corrected chi connectivity index (χ0v) is 12.7. The number of hydrogen-bond acceptors (Lipinski definition) is 6. The van der Waals surface area contributed by atoms with Gasteiger partial charge in [0.15, 0.2) is 5.25 Å². The normalized spacial score (nSPS) is 13.4. The van der Waals surface area contributed by atoms with Crippen LogP contribution < -0.4 is 0 Å². The SMILES string of the molecule is CCOC(=O)CN(C(C)C)S(=O)(=O)C(C)C(=O)OC. The molecule has 0 heterocycles. The standard InChI is InChI=1S/C11H21NO6S/c1-6-18-10(13)7-12(8(2)3)19(15,16)9(4)11(14)17-5/h8-9H,6-7H2,1-5H3. The van der Waals surface area contributed by atoms with E-state index < -0.39 is 39.8 Å². The van der Waals surface area contributed by atoms with Crippen LogP contribution >= 0.6 is 0 Å². The lowest BCUT2D eigenvalue weighted by atomic mass is 10.4. The van der Waals surface area contributed by atoms with Crippen LogP contribution in [0.25, 0.3) is 0 Å². The highest BCUT2D eigenvalue weighted by molar-refractivity contribution is 7.90. The first-order valence-electron chi connectivity index (χ1n) is 5.92. The van der Waals surface area contributed by atoms with E-state index in [-0.39, 0.29) is 6.61 Å². The molecule has 19 heavy (non-hydrogen) atoms. The average molecular weight is 295 g/mol. The van der Waals surface area contributed by atoms with E-state index in [1.165, 1.54) is 6.92 Å². The van der Waals surface area contributed by atoms with Crippen LogP contribution in [0.15, 0.2) is 0 Å². The maximum absolute atomic E-state index is 12.2. The third kappa shape index (κ3) is 4.79. The fraction of sp³-hybridized carbons (Fsp3) is 0.818. The van der Waals surface area contributed by atoms with Crippen LogP contribution in [0.5, 0.6) is 0 Å². The van der Waals surface area contributed by atoms with Crippen LogP contribution in [-0.2, 0) is 29.1 Å². The van der Waals surface area contributed by atoms with Gasteiger partial charge in [0.25, 0.3) is 0 Å². The lowest BCUT2D eigenvalue weighted by Gasteiger charge is -2.27. The molecule has 0 aromatic rings. The highest BCUT2D eigenvalue weighted by Gasteiger charge is 2.37. The third-order valence-corrected chi connectivity index (χ3v) is 4.76. The minimum atomic E-state index is -3.97. The van der Waals surface area contributed by atoms with Gasteiger partial charge in [-0.05, 0) is 27.7 Å². The molecule has 0 fully saturated rings. The Kier molecular flexibility index (Phi) is 6.99. The van der Waals surface area contributed by atoms with Crippen molar-refractivity contribution >= 4 is 22.0 Å². The van der Waals surface area contributed by atoms with E-state index in [9.17, 15) is 18.0 Å². The van der Waals surface area contributed by atoms with Gasteiger partial charge in [0.2, 0.25) is 10.0 Å². The fourth-order valence-corrected chi connectivity index (χ4v) is 3.01. The van der Waals surface area contributed by atoms with E-state index in [2.05, 4.69) is 4.74 Å². The van der Waals surface area contributed by atoms with Crippen molar-refractivity contribution in [1.29, 1.82) is 0 Å². The summed E-state index contributed by atoms with van der Waals surface area (Å²) in [6.07, 6.45) is 0. The average Bonchev–Trinajstić information content (AvgIpc) is 2.33. The smallest absolute Gasteiger partial charge is 0.325 e. The van der Waals surface area contributed by atoms with Crippen molar-refractivity contribution < 1.29 is 27.5 Å². The molecule has 0 rings (SSSR count). The second kappa shape index (κ2) is 7.44. The van der Waals surface area contributed by atoms with E-state index in [4.69, 9.17) is 4.74 Å². The highest BCUT2D eigenvalue weighted by atomic mass is 32.2. The van der Waals surface area contributed by atoms with E-state index in [0.29, 0.717) is 0 Å². The van der Waals surface area contributed by atoms with Crippen molar-refractivity contribution in [3.63, 3.8) is 0 Å². The summed E-state index contributed by atoms with van der Waals surface area (Å²) in [5, 5.41) is -1.37. The first-order valence-corrected chi connectivity index (χ1v) is 7.42. The van der Waals surface area contributed by atoms with Gasteiger partial charge in [-0.2, -0.15) is 4.31 Å². The number of methoxy groups -OCH3 is 1. The third-order valence-electron chi connectivity index (χ3n) is 2.47. The predicted molar refractivity (Wildman–Crippen MR) is 68.9 cm³/mol. The maximum Gasteiger partial charge on any atom is 0.325 e. The molecule has 0 aliphatic rings. The molecule has 0 saturated carbocycles.